The van der Waals surface area contributed by atoms with Crippen molar-refractivity contribution >= 4 is 33.5 Å². The van der Waals surface area contributed by atoms with Gasteiger partial charge in [0.1, 0.15) is 23.8 Å². The summed E-state index contributed by atoms with van der Waals surface area (Å²) in [6.45, 7) is 0.0297. The van der Waals surface area contributed by atoms with E-state index in [1.165, 1.54) is 19.5 Å². The summed E-state index contributed by atoms with van der Waals surface area (Å²) in [6, 6.07) is 0.911. The van der Waals surface area contributed by atoms with E-state index in [-0.39, 0.29) is 23.8 Å². The molecule has 0 saturated heterocycles. The number of halogens is 3. The third-order valence-corrected chi connectivity index (χ3v) is 5.85. The van der Waals surface area contributed by atoms with E-state index in [0.717, 1.165) is 11.3 Å². The third-order valence-electron chi connectivity index (χ3n) is 4.80. The highest BCUT2D eigenvalue weighted by molar-refractivity contribution is 7.18. The molecule has 8 nitrogen and oxygen atoms in total. The van der Waals surface area contributed by atoms with Crippen molar-refractivity contribution in [3.63, 3.8) is 0 Å². The van der Waals surface area contributed by atoms with Gasteiger partial charge in [-0.15, -0.1) is 11.3 Å². The molecule has 0 bridgehead atoms. The molecule has 0 radical (unpaired) electrons. The maximum Gasteiger partial charge on any atom is 0.404 e. The molecular formula is C17H21F3N4O4S. The first-order chi connectivity index (χ1) is 13.7. The molecule has 1 fully saturated rings. The normalized spacial score (nSPS) is 22.2. The van der Waals surface area contributed by atoms with E-state index in [4.69, 9.17) is 14.6 Å². The number of carboxylic acid groups (broad SMARTS) is 1. The number of alkyl halides is 3. The van der Waals surface area contributed by atoms with E-state index < -0.39 is 24.7 Å². The molecule has 1 aliphatic rings. The van der Waals surface area contributed by atoms with Gasteiger partial charge in [-0.3, -0.25) is 0 Å². The van der Waals surface area contributed by atoms with Crippen LogP contribution in [0.1, 0.15) is 17.7 Å². The summed E-state index contributed by atoms with van der Waals surface area (Å²) in [6.07, 6.45) is -4.56. The Labute approximate surface area is 168 Å². The van der Waals surface area contributed by atoms with Gasteiger partial charge in [-0.1, -0.05) is 0 Å². The highest BCUT2D eigenvalue weighted by Gasteiger charge is 2.39. The highest BCUT2D eigenvalue weighted by Crippen LogP contribution is 2.36. The van der Waals surface area contributed by atoms with Crippen LogP contribution in [-0.2, 0) is 15.9 Å². The second kappa shape index (κ2) is 8.67. The van der Waals surface area contributed by atoms with Crippen LogP contribution in [0.3, 0.4) is 0 Å². The molecule has 160 valence electrons. The van der Waals surface area contributed by atoms with Crippen LogP contribution in [0.2, 0.25) is 0 Å². The lowest BCUT2D eigenvalue weighted by Gasteiger charge is -2.26. The number of nitrogens with zero attached hydrogens (tertiary/aromatic N) is 3. The molecule has 29 heavy (non-hydrogen) atoms. The SMILES string of the molecule is COCO[C@H]1C[C@@H](N(C)c2ncnc3sc(CC(F)(F)F)cc23)C[C@H]1NC(=O)O. The van der Waals surface area contributed by atoms with Crippen molar-refractivity contribution in [3.05, 3.63) is 17.3 Å². The summed E-state index contributed by atoms with van der Waals surface area (Å²) in [5.74, 6) is 0.506. The molecule has 1 amide bonds. The first-order valence-corrected chi connectivity index (χ1v) is 9.62. The first-order valence-electron chi connectivity index (χ1n) is 8.81. The number of hydrogen-bond acceptors (Lipinski definition) is 7. The van der Waals surface area contributed by atoms with Crippen molar-refractivity contribution in [1.82, 2.24) is 15.3 Å². The number of rotatable bonds is 7. The van der Waals surface area contributed by atoms with Crippen molar-refractivity contribution in [2.24, 2.45) is 0 Å². The summed E-state index contributed by atoms with van der Waals surface area (Å²) < 4.78 is 48.8. The van der Waals surface area contributed by atoms with Crippen LogP contribution in [0.5, 0.6) is 0 Å². The zero-order valence-corrected chi connectivity index (χ0v) is 16.6. The van der Waals surface area contributed by atoms with Crippen LogP contribution in [0.25, 0.3) is 10.2 Å². The van der Waals surface area contributed by atoms with Gasteiger partial charge in [0.2, 0.25) is 0 Å². The zero-order valence-electron chi connectivity index (χ0n) is 15.8. The lowest BCUT2D eigenvalue weighted by molar-refractivity contribution is -0.126. The van der Waals surface area contributed by atoms with Gasteiger partial charge in [-0.2, -0.15) is 13.2 Å². The fourth-order valence-electron chi connectivity index (χ4n) is 3.57. The number of hydrogen-bond donors (Lipinski definition) is 2. The molecule has 3 atom stereocenters. The first kappa shape index (κ1) is 21.5. The Morgan fingerprint density at radius 2 is 2.17 bits per heavy atom. The molecule has 3 rings (SSSR count). The Morgan fingerprint density at radius 1 is 1.41 bits per heavy atom. The number of nitrogens with one attached hydrogen (secondary N) is 1. The lowest BCUT2D eigenvalue weighted by Crippen LogP contribution is -2.40. The van der Waals surface area contributed by atoms with Gasteiger partial charge >= 0.3 is 12.3 Å². The summed E-state index contributed by atoms with van der Waals surface area (Å²) >= 11 is 0.990. The average Bonchev–Trinajstić information content (AvgIpc) is 3.20. The van der Waals surface area contributed by atoms with Gasteiger partial charge in [-0.05, 0) is 18.9 Å². The predicted molar refractivity (Wildman–Crippen MR) is 100 cm³/mol. The van der Waals surface area contributed by atoms with Crippen LogP contribution in [-0.4, -0.2) is 66.5 Å². The lowest BCUT2D eigenvalue weighted by atomic mass is 10.2. The number of aromatic nitrogens is 2. The smallest absolute Gasteiger partial charge is 0.404 e. The number of carbonyl (C=O) groups is 1. The fraction of sp³-hybridized carbons (Fsp3) is 0.588. The molecule has 0 unspecified atom stereocenters. The number of anilines is 1. The molecule has 2 heterocycles. The van der Waals surface area contributed by atoms with Gasteiger partial charge in [0, 0.05) is 25.1 Å². The van der Waals surface area contributed by atoms with Gasteiger partial charge in [0.05, 0.1) is 24.0 Å². The number of thiophene rings is 1. The topological polar surface area (TPSA) is 96.8 Å². The van der Waals surface area contributed by atoms with Crippen molar-refractivity contribution < 1.29 is 32.5 Å². The minimum absolute atomic E-state index is 0.0297. The predicted octanol–water partition coefficient (Wildman–Crippen LogP) is 3.02. The van der Waals surface area contributed by atoms with Gasteiger partial charge in [0.15, 0.2) is 0 Å². The number of methoxy groups -OCH3 is 1. The van der Waals surface area contributed by atoms with Crippen molar-refractivity contribution in [3.8, 4) is 0 Å². The summed E-state index contributed by atoms with van der Waals surface area (Å²) in [4.78, 5) is 21.9. The van der Waals surface area contributed by atoms with E-state index in [9.17, 15) is 18.0 Å². The maximum atomic E-state index is 12.7. The van der Waals surface area contributed by atoms with Crippen LogP contribution >= 0.6 is 11.3 Å². The Kier molecular flexibility index (Phi) is 6.44. The maximum absolute atomic E-state index is 12.7. The molecule has 0 spiro atoms. The van der Waals surface area contributed by atoms with Crippen molar-refractivity contribution in [2.45, 2.75) is 43.6 Å². The zero-order chi connectivity index (χ0) is 21.2. The van der Waals surface area contributed by atoms with E-state index in [2.05, 4.69) is 15.3 Å². The quantitative estimate of drug-likeness (QED) is 0.647. The Hall–Kier alpha value is -2.18. The number of ether oxygens (including phenoxy) is 2. The summed E-state index contributed by atoms with van der Waals surface area (Å²) in [5, 5.41) is 12.1. The van der Waals surface area contributed by atoms with Crippen LogP contribution in [0.4, 0.5) is 23.8 Å². The Morgan fingerprint density at radius 3 is 2.83 bits per heavy atom. The molecular weight excluding hydrogens is 413 g/mol. The van der Waals surface area contributed by atoms with E-state index >= 15 is 0 Å². The number of fused-ring (bicyclic) bond motifs is 1. The van der Waals surface area contributed by atoms with Crippen LogP contribution < -0.4 is 10.2 Å². The largest absolute Gasteiger partial charge is 0.465 e. The summed E-state index contributed by atoms with van der Waals surface area (Å²) in [5.41, 5.74) is 0. The molecule has 2 aromatic heterocycles. The number of amides is 1. The van der Waals surface area contributed by atoms with Crippen LogP contribution in [0.15, 0.2) is 12.4 Å². The molecule has 0 aromatic carbocycles. The molecule has 1 saturated carbocycles. The fourth-order valence-corrected chi connectivity index (χ4v) is 4.59. The van der Waals surface area contributed by atoms with Crippen molar-refractivity contribution in [1.29, 1.82) is 0 Å². The van der Waals surface area contributed by atoms with Crippen LogP contribution in [0, 0.1) is 0 Å². The minimum atomic E-state index is -4.30. The molecule has 12 heteroatoms. The van der Waals surface area contributed by atoms with Gasteiger partial charge in [0.25, 0.3) is 0 Å². The van der Waals surface area contributed by atoms with Crippen molar-refractivity contribution in [2.75, 3.05) is 25.9 Å². The van der Waals surface area contributed by atoms with E-state index in [1.807, 2.05) is 4.90 Å². The highest BCUT2D eigenvalue weighted by atomic mass is 32.1. The summed E-state index contributed by atoms with van der Waals surface area (Å²) in [7, 11) is 3.26. The van der Waals surface area contributed by atoms with E-state index in [1.54, 1.807) is 7.05 Å². The standard InChI is InChI=1S/C17H21F3N4O4S/c1-24(9-3-12(23-16(25)26)13(4-9)28-8-27-2)14-11-5-10(6-17(18,19)20)29-15(11)22-7-21-14/h5,7,9,12-13,23H,3-4,6,8H2,1-2H3,(H,25,26)/t9-,12+,13-/m0/s1. The second-order valence-corrected chi connectivity index (χ2v) is 7.94. The molecule has 1 aliphatic carbocycles. The molecule has 2 N–H and O–H groups in total. The van der Waals surface area contributed by atoms with Gasteiger partial charge < -0.3 is 24.8 Å². The van der Waals surface area contributed by atoms with E-state index in [0.29, 0.717) is 28.9 Å². The Balaban J connectivity index is 1.82. The van der Waals surface area contributed by atoms with Gasteiger partial charge in [-0.25, -0.2) is 14.8 Å². The second-order valence-electron chi connectivity index (χ2n) is 6.82. The molecule has 2 aromatic rings. The molecule has 0 aliphatic heterocycles. The Bertz CT molecular complexity index is 863. The third kappa shape index (κ3) is 5.25. The monoisotopic (exact) mass is 434 g/mol. The average molecular weight is 434 g/mol. The minimum Gasteiger partial charge on any atom is -0.465 e.